The number of nitro benzene ring substituents is 1. The minimum Gasteiger partial charge on any atom is -0.431 e. The van der Waals surface area contributed by atoms with Crippen molar-refractivity contribution in [2.75, 3.05) is 0 Å². The van der Waals surface area contributed by atoms with Crippen LogP contribution in [0.2, 0.25) is 0 Å². The lowest BCUT2D eigenvalue weighted by molar-refractivity contribution is -0.385. The van der Waals surface area contributed by atoms with Gasteiger partial charge in [0.2, 0.25) is 11.6 Å². The Morgan fingerprint density at radius 2 is 2.06 bits per heavy atom. The highest BCUT2D eigenvalue weighted by Gasteiger charge is 2.16. The van der Waals surface area contributed by atoms with E-state index in [2.05, 4.69) is 20.9 Å². The summed E-state index contributed by atoms with van der Waals surface area (Å²) < 4.78 is 5.51. The molecule has 1 heterocycles. The molecule has 92 valence electrons. The molecule has 0 N–H and O–H groups in total. The fraction of sp³-hybridized carbons (Fsp3) is 0.0833. The van der Waals surface area contributed by atoms with Crippen molar-refractivity contribution in [2.24, 2.45) is 0 Å². The number of nitro groups is 1. The van der Waals surface area contributed by atoms with Crippen molar-refractivity contribution in [3.63, 3.8) is 0 Å². The molecule has 5 nitrogen and oxygen atoms in total. The summed E-state index contributed by atoms with van der Waals surface area (Å²) in [6, 6.07) is 9.83. The number of alkyl halides is 1. The lowest BCUT2D eigenvalue weighted by atomic mass is 10.3. The summed E-state index contributed by atoms with van der Waals surface area (Å²) in [5, 5.41) is 11.4. The Hall–Kier alpha value is -1.95. The first-order valence-corrected chi connectivity index (χ1v) is 6.25. The molecule has 6 heteroatoms. The average molecular weight is 309 g/mol. The molecule has 0 fully saturated rings. The van der Waals surface area contributed by atoms with Crippen molar-refractivity contribution in [1.29, 1.82) is 0 Å². The predicted molar refractivity (Wildman–Crippen MR) is 70.0 cm³/mol. The van der Waals surface area contributed by atoms with E-state index in [-0.39, 0.29) is 11.4 Å². The molecule has 0 spiro atoms. The third-order valence-electron chi connectivity index (χ3n) is 2.26. The number of halogens is 1. The maximum Gasteiger partial charge on any atom is 0.311 e. The van der Waals surface area contributed by atoms with Crippen LogP contribution in [-0.4, -0.2) is 9.91 Å². The van der Waals surface area contributed by atoms with Crippen LogP contribution in [0, 0.1) is 10.1 Å². The smallest absolute Gasteiger partial charge is 0.311 e. The van der Waals surface area contributed by atoms with Crippen LogP contribution in [0.25, 0.3) is 0 Å². The van der Waals surface area contributed by atoms with Gasteiger partial charge in [0, 0.05) is 23.2 Å². The standard InChI is InChI=1S/C12H9BrN2O3/c13-8-9-4-3-7-14-12(9)18-11-6-2-1-5-10(11)15(16)17/h1-7H,8H2. The van der Waals surface area contributed by atoms with Crippen molar-refractivity contribution in [3.8, 4) is 11.6 Å². The van der Waals surface area contributed by atoms with Gasteiger partial charge < -0.3 is 4.74 Å². The Balaban J connectivity index is 2.37. The number of benzene rings is 1. The number of para-hydroxylation sites is 2. The summed E-state index contributed by atoms with van der Waals surface area (Å²) in [6.07, 6.45) is 1.58. The molecular weight excluding hydrogens is 300 g/mol. The second-order valence-corrected chi connectivity index (χ2v) is 3.99. The minimum absolute atomic E-state index is 0.0799. The van der Waals surface area contributed by atoms with E-state index in [1.54, 1.807) is 30.5 Å². The largest absolute Gasteiger partial charge is 0.431 e. The molecule has 0 atom stereocenters. The molecule has 1 aromatic heterocycles. The van der Waals surface area contributed by atoms with Crippen LogP contribution < -0.4 is 4.74 Å². The van der Waals surface area contributed by atoms with Gasteiger partial charge >= 0.3 is 5.69 Å². The molecule has 0 saturated heterocycles. The summed E-state index contributed by atoms with van der Waals surface area (Å²) in [5.74, 6) is 0.548. The highest BCUT2D eigenvalue weighted by atomic mass is 79.9. The zero-order valence-corrected chi connectivity index (χ0v) is 10.8. The highest BCUT2D eigenvalue weighted by Crippen LogP contribution is 2.31. The molecule has 1 aromatic carbocycles. The van der Waals surface area contributed by atoms with Crippen LogP contribution in [0.1, 0.15) is 5.56 Å². The second kappa shape index (κ2) is 5.59. The summed E-state index contributed by atoms with van der Waals surface area (Å²) in [7, 11) is 0. The van der Waals surface area contributed by atoms with Crippen LogP contribution >= 0.6 is 15.9 Å². The molecule has 0 aliphatic heterocycles. The molecule has 0 aliphatic rings. The predicted octanol–water partition coefficient (Wildman–Crippen LogP) is 3.68. The Labute approximate surface area is 112 Å². The van der Waals surface area contributed by atoms with Crippen molar-refractivity contribution in [1.82, 2.24) is 4.98 Å². The maximum atomic E-state index is 10.9. The van der Waals surface area contributed by atoms with E-state index in [0.29, 0.717) is 11.2 Å². The lowest BCUT2D eigenvalue weighted by Crippen LogP contribution is -1.96. The Kier molecular flexibility index (Phi) is 3.88. The first-order chi connectivity index (χ1) is 8.72. The van der Waals surface area contributed by atoms with E-state index in [9.17, 15) is 10.1 Å². The fourth-order valence-electron chi connectivity index (χ4n) is 1.42. The summed E-state index contributed by atoms with van der Waals surface area (Å²) in [4.78, 5) is 14.5. The Morgan fingerprint density at radius 1 is 1.28 bits per heavy atom. The van der Waals surface area contributed by atoms with E-state index in [1.165, 1.54) is 6.07 Å². The molecule has 18 heavy (non-hydrogen) atoms. The van der Waals surface area contributed by atoms with Crippen molar-refractivity contribution in [2.45, 2.75) is 5.33 Å². The van der Waals surface area contributed by atoms with Crippen LogP contribution in [0.3, 0.4) is 0 Å². The zero-order chi connectivity index (χ0) is 13.0. The molecule has 0 aliphatic carbocycles. The van der Waals surface area contributed by atoms with Crippen molar-refractivity contribution in [3.05, 3.63) is 58.3 Å². The minimum atomic E-state index is -0.480. The van der Waals surface area contributed by atoms with Gasteiger partial charge in [-0.2, -0.15) is 0 Å². The van der Waals surface area contributed by atoms with E-state index in [1.807, 2.05) is 6.07 Å². The molecule has 2 rings (SSSR count). The first kappa shape index (κ1) is 12.5. The number of ether oxygens (including phenoxy) is 1. The Bertz CT molecular complexity index is 575. The Morgan fingerprint density at radius 3 is 2.78 bits per heavy atom. The molecule has 0 bridgehead atoms. The number of rotatable bonds is 4. The summed E-state index contributed by atoms with van der Waals surface area (Å²) in [5.41, 5.74) is 0.749. The van der Waals surface area contributed by atoms with Crippen molar-refractivity contribution >= 4 is 21.6 Å². The van der Waals surface area contributed by atoms with E-state index < -0.39 is 4.92 Å². The molecule has 2 aromatic rings. The van der Waals surface area contributed by atoms with Crippen LogP contribution in [0.15, 0.2) is 42.6 Å². The second-order valence-electron chi connectivity index (χ2n) is 3.43. The lowest BCUT2D eigenvalue weighted by Gasteiger charge is -2.07. The van der Waals surface area contributed by atoms with Gasteiger partial charge in [-0.05, 0) is 12.1 Å². The quantitative estimate of drug-likeness (QED) is 0.491. The SMILES string of the molecule is O=[N+]([O-])c1ccccc1Oc1ncccc1CBr. The zero-order valence-electron chi connectivity index (χ0n) is 9.25. The van der Waals surface area contributed by atoms with Gasteiger partial charge in [-0.25, -0.2) is 4.98 Å². The van der Waals surface area contributed by atoms with Gasteiger partial charge in [-0.15, -0.1) is 0 Å². The van der Waals surface area contributed by atoms with E-state index in [4.69, 9.17) is 4.74 Å². The molecule has 0 unspecified atom stereocenters. The van der Waals surface area contributed by atoms with Gasteiger partial charge in [0.15, 0.2) is 0 Å². The third kappa shape index (κ3) is 2.65. The molecule has 0 saturated carbocycles. The van der Waals surface area contributed by atoms with Crippen LogP contribution in [-0.2, 0) is 5.33 Å². The molecular formula is C12H9BrN2O3. The van der Waals surface area contributed by atoms with Crippen LogP contribution in [0.5, 0.6) is 11.6 Å². The van der Waals surface area contributed by atoms with E-state index >= 15 is 0 Å². The van der Waals surface area contributed by atoms with Gasteiger partial charge in [0.25, 0.3) is 0 Å². The maximum absolute atomic E-state index is 10.9. The van der Waals surface area contributed by atoms with Gasteiger partial charge in [0.1, 0.15) is 0 Å². The molecule has 0 radical (unpaired) electrons. The number of nitrogens with zero attached hydrogens (tertiary/aromatic N) is 2. The normalized spacial score (nSPS) is 10.1. The summed E-state index contributed by atoms with van der Waals surface area (Å²) >= 11 is 3.32. The van der Waals surface area contributed by atoms with Crippen molar-refractivity contribution < 1.29 is 9.66 Å². The monoisotopic (exact) mass is 308 g/mol. The van der Waals surface area contributed by atoms with Gasteiger partial charge in [0.05, 0.1) is 4.92 Å². The van der Waals surface area contributed by atoms with E-state index in [0.717, 1.165) is 5.56 Å². The van der Waals surface area contributed by atoms with Gasteiger partial charge in [-0.3, -0.25) is 10.1 Å². The average Bonchev–Trinajstić information content (AvgIpc) is 2.40. The third-order valence-corrected chi connectivity index (χ3v) is 2.87. The highest BCUT2D eigenvalue weighted by molar-refractivity contribution is 9.08. The van der Waals surface area contributed by atoms with Crippen LogP contribution in [0.4, 0.5) is 5.69 Å². The number of hydrogen-bond donors (Lipinski definition) is 0. The van der Waals surface area contributed by atoms with Gasteiger partial charge in [-0.1, -0.05) is 34.1 Å². The molecule has 0 amide bonds. The summed E-state index contributed by atoms with van der Waals surface area (Å²) in [6.45, 7) is 0. The fourth-order valence-corrected chi connectivity index (χ4v) is 1.84. The number of aromatic nitrogens is 1. The number of pyridine rings is 1. The number of hydrogen-bond acceptors (Lipinski definition) is 4. The topological polar surface area (TPSA) is 65.3 Å². The first-order valence-electron chi connectivity index (χ1n) is 5.13.